The van der Waals surface area contributed by atoms with Gasteiger partial charge in [-0.3, -0.25) is 9.59 Å². The molecule has 82 valence electrons. The van der Waals surface area contributed by atoms with E-state index in [9.17, 15) is 18.4 Å². The molecule has 1 amide bonds. The Morgan fingerprint density at radius 3 is 2.43 bits per heavy atom. The Bertz CT molecular complexity index is 225. The SMILES string of the molecule is CC(NC(=O)C(F)C(N)CF)C(=O)O. The van der Waals surface area contributed by atoms with Gasteiger partial charge in [0.25, 0.3) is 5.91 Å². The van der Waals surface area contributed by atoms with E-state index in [1.54, 1.807) is 0 Å². The summed E-state index contributed by atoms with van der Waals surface area (Å²) in [5.41, 5.74) is 4.91. The van der Waals surface area contributed by atoms with Crippen molar-refractivity contribution in [3.63, 3.8) is 0 Å². The molecule has 7 heteroatoms. The third-order valence-corrected chi connectivity index (χ3v) is 1.53. The number of aliphatic carboxylic acids is 1. The standard InChI is InChI=1S/C7H12F2N2O3/c1-3(7(13)14)11-6(12)5(9)4(10)2-8/h3-5H,2,10H2,1H3,(H,11,12)(H,13,14). The fourth-order valence-corrected chi connectivity index (χ4v) is 0.627. The molecule has 0 aromatic rings. The molecule has 0 aliphatic rings. The van der Waals surface area contributed by atoms with Crippen LogP contribution in [0, 0.1) is 0 Å². The smallest absolute Gasteiger partial charge is 0.325 e. The van der Waals surface area contributed by atoms with Crippen LogP contribution in [0.15, 0.2) is 0 Å². The van der Waals surface area contributed by atoms with Gasteiger partial charge in [0.2, 0.25) is 0 Å². The molecule has 0 aliphatic heterocycles. The summed E-state index contributed by atoms with van der Waals surface area (Å²) < 4.78 is 24.7. The molecule has 0 saturated carbocycles. The van der Waals surface area contributed by atoms with Gasteiger partial charge >= 0.3 is 5.97 Å². The van der Waals surface area contributed by atoms with E-state index in [0.717, 1.165) is 6.92 Å². The molecule has 5 nitrogen and oxygen atoms in total. The fourth-order valence-electron chi connectivity index (χ4n) is 0.627. The van der Waals surface area contributed by atoms with Crippen LogP contribution in [0.4, 0.5) is 8.78 Å². The zero-order valence-electron chi connectivity index (χ0n) is 7.54. The quantitative estimate of drug-likeness (QED) is 0.554. The molecule has 0 aromatic heterocycles. The Morgan fingerprint density at radius 2 is 2.07 bits per heavy atom. The first kappa shape index (κ1) is 12.8. The van der Waals surface area contributed by atoms with Gasteiger partial charge in [0.05, 0.1) is 6.04 Å². The van der Waals surface area contributed by atoms with Crippen LogP contribution in [-0.2, 0) is 9.59 Å². The molecule has 0 fully saturated rings. The fraction of sp³-hybridized carbons (Fsp3) is 0.714. The minimum Gasteiger partial charge on any atom is -0.480 e. The van der Waals surface area contributed by atoms with E-state index in [0.29, 0.717) is 0 Å². The summed E-state index contributed by atoms with van der Waals surface area (Å²) in [4.78, 5) is 21.1. The van der Waals surface area contributed by atoms with Crippen LogP contribution >= 0.6 is 0 Å². The highest BCUT2D eigenvalue weighted by Gasteiger charge is 2.27. The molecule has 3 atom stereocenters. The first-order valence-corrected chi connectivity index (χ1v) is 3.89. The number of nitrogens with one attached hydrogen (secondary N) is 1. The van der Waals surface area contributed by atoms with E-state index in [1.807, 2.05) is 5.32 Å². The van der Waals surface area contributed by atoms with Gasteiger partial charge in [0, 0.05) is 0 Å². The number of rotatable bonds is 5. The highest BCUT2D eigenvalue weighted by molar-refractivity contribution is 5.86. The highest BCUT2D eigenvalue weighted by Crippen LogP contribution is 1.98. The normalized spacial score (nSPS) is 16.9. The molecule has 0 radical (unpaired) electrons. The van der Waals surface area contributed by atoms with Crippen LogP contribution in [0.3, 0.4) is 0 Å². The van der Waals surface area contributed by atoms with Crippen LogP contribution in [-0.4, -0.2) is 41.9 Å². The van der Waals surface area contributed by atoms with Crippen molar-refractivity contribution >= 4 is 11.9 Å². The first-order valence-electron chi connectivity index (χ1n) is 3.89. The Labute approximate surface area is 79.3 Å². The van der Waals surface area contributed by atoms with E-state index < -0.39 is 36.8 Å². The second-order valence-electron chi connectivity index (χ2n) is 2.79. The lowest BCUT2D eigenvalue weighted by Gasteiger charge is -2.15. The molecule has 0 saturated heterocycles. The van der Waals surface area contributed by atoms with Crippen molar-refractivity contribution < 1.29 is 23.5 Å². The molecule has 0 rings (SSSR count). The van der Waals surface area contributed by atoms with Crippen LogP contribution in [0.2, 0.25) is 0 Å². The van der Waals surface area contributed by atoms with Crippen molar-refractivity contribution in [2.45, 2.75) is 25.2 Å². The number of nitrogens with two attached hydrogens (primary N) is 1. The molecule has 0 spiro atoms. The molecule has 0 bridgehead atoms. The van der Waals surface area contributed by atoms with Crippen molar-refractivity contribution in [2.24, 2.45) is 5.73 Å². The van der Waals surface area contributed by atoms with Gasteiger partial charge in [-0.05, 0) is 6.92 Å². The first-order chi connectivity index (χ1) is 6.40. The van der Waals surface area contributed by atoms with E-state index in [2.05, 4.69) is 0 Å². The Morgan fingerprint density at radius 1 is 1.57 bits per heavy atom. The zero-order valence-corrected chi connectivity index (χ0v) is 7.54. The van der Waals surface area contributed by atoms with Gasteiger partial charge in [-0.25, -0.2) is 8.78 Å². The second-order valence-corrected chi connectivity index (χ2v) is 2.79. The third-order valence-electron chi connectivity index (χ3n) is 1.53. The Kier molecular flexibility index (Phi) is 5.00. The van der Waals surface area contributed by atoms with Gasteiger partial charge in [-0.15, -0.1) is 0 Å². The highest BCUT2D eigenvalue weighted by atomic mass is 19.1. The van der Waals surface area contributed by atoms with Gasteiger partial charge < -0.3 is 16.2 Å². The summed E-state index contributed by atoms with van der Waals surface area (Å²) in [6.45, 7) is -0.0238. The van der Waals surface area contributed by atoms with Crippen LogP contribution in [0.1, 0.15) is 6.92 Å². The lowest BCUT2D eigenvalue weighted by molar-refractivity contribution is -0.142. The third kappa shape index (κ3) is 3.65. The number of carboxylic acid groups (broad SMARTS) is 1. The van der Waals surface area contributed by atoms with Gasteiger partial charge in [0.1, 0.15) is 12.7 Å². The minimum absolute atomic E-state index is 1.16. The topological polar surface area (TPSA) is 92.4 Å². The number of carboxylic acids is 1. The summed E-state index contributed by atoms with van der Waals surface area (Å²) in [5, 5.41) is 10.2. The zero-order chi connectivity index (χ0) is 11.3. The number of carbonyl (C=O) groups is 2. The van der Waals surface area contributed by atoms with Crippen molar-refractivity contribution in [2.75, 3.05) is 6.67 Å². The maximum absolute atomic E-state index is 12.8. The van der Waals surface area contributed by atoms with Crippen molar-refractivity contribution in [3.8, 4) is 0 Å². The molecule has 0 aromatic carbocycles. The van der Waals surface area contributed by atoms with E-state index in [-0.39, 0.29) is 0 Å². The molecule has 0 aliphatic carbocycles. The maximum atomic E-state index is 12.8. The van der Waals surface area contributed by atoms with Crippen LogP contribution < -0.4 is 11.1 Å². The second kappa shape index (κ2) is 5.48. The molecule has 0 heterocycles. The van der Waals surface area contributed by atoms with Crippen molar-refractivity contribution in [1.82, 2.24) is 5.32 Å². The van der Waals surface area contributed by atoms with Gasteiger partial charge in [-0.2, -0.15) is 0 Å². The number of amides is 1. The Hall–Kier alpha value is -1.24. The van der Waals surface area contributed by atoms with E-state index in [1.165, 1.54) is 0 Å². The monoisotopic (exact) mass is 210 g/mol. The summed E-state index contributed by atoms with van der Waals surface area (Å²) >= 11 is 0. The molecular weight excluding hydrogens is 198 g/mol. The number of hydrogen-bond donors (Lipinski definition) is 3. The lowest BCUT2D eigenvalue weighted by Crippen LogP contribution is -2.49. The van der Waals surface area contributed by atoms with Crippen LogP contribution in [0.5, 0.6) is 0 Å². The number of hydrogen-bond acceptors (Lipinski definition) is 3. The summed E-state index contributed by atoms with van der Waals surface area (Å²) in [6.07, 6.45) is -2.23. The Balaban J connectivity index is 4.14. The van der Waals surface area contributed by atoms with E-state index in [4.69, 9.17) is 10.8 Å². The van der Waals surface area contributed by atoms with E-state index >= 15 is 0 Å². The largest absolute Gasteiger partial charge is 0.480 e. The maximum Gasteiger partial charge on any atom is 0.325 e. The average Bonchev–Trinajstić information content (AvgIpc) is 2.14. The number of halogens is 2. The van der Waals surface area contributed by atoms with Crippen molar-refractivity contribution in [1.29, 1.82) is 0 Å². The van der Waals surface area contributed by atoms with Gasteiger partial charge in [0.15, 0.2) is 6.17 Å². The molecule has 4 N–H and O–H groups in total. The van der Waals surface area contributed by atoms with Gasteiger partial charge in [-0.1, -0.05) is 0 Å². The molecule has 3 unspecified atom stereocenters. The van der Waals surface area contributed by atoms with Crippen molar-refractivity contribution in [3.05, 3.63) is 0 Å². The summed E-state index contributed by atoms with van der Waals surface area (Å²) in [7, 11) is 0. The summed E-state index contributed by atoms with van der Waals surface area (Å²) in [6, 6.07) is -2.79. The number of alkyl halides is 2. The van der Waals surface area contributed by atoms with Crippen LogP contribution in [0.25, 0.3) is 0 Å². The minimum atomic E-state index is -2.23. The lowest BCUT2D eigenvalue weighted by atomic mass is 10.2. The number of carbonyl (C=O) groups excluding carboxylic acids is 1. The predicted octanol–water partition coefficient (Wildman–Crippen LogP) is -0.789. The summed E-state index contributed by atoms with van der Waals surface area (Å²) in [5.74, 6) is -2.52. The predicted molar refractivity (Wildman–Crippen MR) is 44.1 cm³/mol. The molecule has 14 heavy (non-hydrogen) atoms. The molecular formula is C7H12F2N2O3. The average molecular weight is 210 g/mol.